The Balaban J connectivity index is 2.26. The van der Waals surface area contributed by atoms with E-state index in [1.807, 2.05) is 0 Å². The topological polar surface area (TPSA) is 0 Å². The fourth-order valence-corrected chi connectivity index (χ4v) is 7.98. The second-order valence-corrected chi connectivity index (χ2v) is 9.79. The van der Waals surface area contributed by atoms with Gasteiger partial charge in [0, 0.05) is 0 Å². The van der Waals surface area contributed by atoms with Crippen molar-refractivity contribution in [2.75, 3.05) is 0 Å². The van der Waals surface area contributed by atoms with Crippen molar-refractivity contribution in [1.82, 2.24) is 0 Å². The Kier molecular flexibility index (Phi) is 4.87. The summed E-state index contributed by atoms with van der Waals surface area (Å²) < 4.78 is 3.21. The third kappa shape index (κ3) is 3.47. The van der Waals surface area contributed by atoms with Crippen LogP contribution in [0.1, 0.15) is 19.8 Å². The van der Waals surface area contributed by atoms with Crippen LogP contribution >= 0.6 is 0 Å². The summed E-state index contributed by atoms with van der Waals surface area (Å²) >= 11 is -1.27. The average molecular weight is 284 g/mol. The van der Waals surface area contributed by atoms with Gasteiger partial charge in [0.2, 0.25) is 0 Å². The Morgan fingerprint density at radius 3 is 1.65 bits per heavy atom. The van der Waals surface area contributed by atoms with Crippen LogP contribution in [-0.2, 0) is 0 Å². The zero-order valence-corrected chi connectivity index (χ0v) is 12.5. The van der Waals surface area contributed by atoms with E-state index in [4.69, 9.17) is 0 Å². The Morgan fingerprint density at radius 2 is 1.24 bits per heavy atom. The Hall–Kier alpha value is -1.02. The normalized spacial score (nSPS) is 10.7. The first-order valence-corrected chi connectivity index (χ1v) is 9.96. The van der Waals surface area contributed by atoms with Crippen LogP contribution < -0.4 is 8.79 Å². The number of unbranched alkanes of at least 4 members (excludes halogenated alkanes) is 1. The molecule has 0 saturated heterocycles. The van der Waals surface area contributed by atoms with Crippen LogP contribution in [0.15, 0.2) is 60.7 Å². The molecule has 2 aromatic rings. The summed E-state index contributed by atoms with van der Waals surface area (Å²) in [5, 5.41) is 1.41. The minimum atomic E-state index is -1.27. The molecule has 0 aliphatic rings. The second-order valence-electron chi connectivity index (χ2n) is 4.31. The van der Waals surface area contributed by atoms with Gasteiger partial charge in [-0.2, -0.15) is 0 Å². The molecule has 0 saturated carbocycles. The van der Waals surface area contributed by atoms with Gasteiger partial charge in [0.05, 0.1) is 0 Å². The minimum absolute atomic E-state index is 1.27. The molecule has 0 spiro atoms. The van der Waals surface area contributed by atoms with Crippen molar-refractivity contribution < 1.29 is 0 Å². The molecular formula is C16H19Ge. The molecule has 0 heterocycles. The molecule has 2 aromatic carbocycles. The fraction of sp³-hybridized carbons (Fsp3) is 0.250. The molecule has 0 amide bonds. The summed E-state index contributed by atoms with van der Waals surface area (Å²) in [5.41, 5.74) is 0. The molecule has 1 heteroatoms. The number of hydrogen-bond acceptors (Lipinski definition) is 0. The van der Waals surface area contributed by atoms with Gasteiger partial charge in [0.1, 0.15) is 0 Å². The molecule has 2 rings (SSSR count). The molecule has 87 valence electrons. The molecule has 0 N–H and O–H groups in total. The van der Waals surface area contributed by atoms with Gasteiger partial charge in [-0.15, -0.1) is 0 Å². The van der Waals surface area contributed by atoms with Crippen LogP contribution in [0.5, 0.6) is 0 Å². The summed E-state index contributed by atoms with van der Waals surface area (Å²) in [5.74, 6) is 0. The fourth-order valence-electron chi connectivity index (χ4n) is 2.09. The number of hydrogen-bond donors (Lipinski definition) is 0. The first-order chi connectivity index (χ1) is 8.42. The van der Waals surface area contributed by atoms with Crippen molar-refractivity contribution >= 4 is 23.1 Å². The molecule has 0 fully saturated rings. The summed E-state index contributed by atoms with van der Waals surface area (Å²) in [6.45, 7) is 2.28. The molecule has 17 heavy (non-hydrogen) atoms. The van der Waals surface area contributed by atoms with Crippen LogP contribution in [0.2, 0.25) is 5.25 Å². The van der Waals surface area contributed by atoms with Crippen LogP contribution in [0.25, 0.3) is 0 Å². The third-order valence-electron chi connectivity index (χ3n) is 3.02. The molecule has 0 atom stereocenters. The van der Waals surface area contributed by atoms with Crippen molar-refractivity contribution in [1.29, 1.82) is 0 Å². The Labute approximate surface area is 109 Å². The predicted octanol–water partition coefficient (Wildman–Crippen LogP) is 3.10. The monoisotopic (exact) mass is 285 g/mol. The van der Waals surface area contributed by atoms with Gasteiger partial charge in [-0.1, -0.05) is 0 Å². The van der Waals surface area contributed by atoms with Crippen molar-refractivity contribution in [3.63, 3.8) is 0 Å². The molecule has 0 unspecified atom stereocenters. The van der Waals surface area contributed by atoms with E-state index in [0.717, 1.165) is 0 Å². The number of rotatable bonds is 5. The summed E-state index contributed by atoms with van der Waals surface area (Å²) in [4.78, 5) is 0. The Morgan fingerprint density at radius 1 is 0.765 bits per heavy atom. The standard InChI is InChI=1S/C16H19Ge/c1-2-3-14-17(15-10-6-4-7-11-15)16-12-8-5-9-13-16/h4-13H,2-3,14H2,1H3. The zero-order valence-electron chi connectivity index (χ0n) is 10.4. The SMILES string of the molecule is CCC[CH2][Ge]([c]1ccccc1)[c]1ccccc1. The van der Waals surface area contributed by atoms with Gasteiger partial charge in [-0.05, 0) is 0 Å². The zero-order chi connectivity index (χ0) is 11.9. The van der Waals surface area contributed by atoms with Gasteiger partial charge in [0.15, 0.2) is 0 Å². The van der Waals surface area contributed by atoms with E-state index in [0.29, 0.717) is 0 Å². The van der Waals surface area contributed by atoms with Crippen LogP contribution in [0.4, 0.5) is 0 Å². The average Bonchev–Trinajstić information content (AvgIpc) is 2.42. The van der Waals surface area contributed by atoms with E-state index in [-0.39, 0.29) is 0 Å². The van der Waals surface area contributed by atoms with Crippen molar-refractivity contribution in [3.8, 4) is 0 Å². The van der Waals surface area contributed by atoms with Crippen molar-refractivity contribution in [2.24, 2.45) is 0 Å². The van der Waals surface area contributed by atoms with Crippen molar-refractivity contribution in [3.05, 3.63) is 60.7 Å². The maximum atomic E-state index is 2.32. The van der Waals surface area contributed by atoms with E-state index in [1.165, 1.54) is 18.1 Å². The van der Waals surface area contributed by atoms with E-state index in [9.17, 15) is 0 Å². The number of benzene rings is 2. The summed E-state index contributed by atoms with van der Waals surface area (Å²) in [7, 11) is 0. The molecular weight excluding hydrogens is 265 g/mol. The molecule has 0 aliphatic heterocycles. The van der Waals surface area contributed by atoms with Gasteiger partial charge in [-0.25, -0.2) is 0 Å². The van der Waals surface area contributed by atoms with Crippen LogP contribution in [0.3, 0.4) is 0 Å². The summed E-state index contributed by atoms with van der Waals surface area (Å²) in [6, 6.07) is 22.2. The molecule has 0 bridgehead atoms. The van der Waals surface area contributed by atoms with E-state index in [2.05, 4.69) is 67.6 Å². The molecule has 1 radical (unpaired) electrons. The van der Waals surface area contributed by atoms with Crippen LogP contribution in [0, 0.1) is 0 Å². The van der Waals surface area contributed by atoms with Gasteiger partial charge in [0.25, 0.3) is 0 Å². The molecule has 0 aliphatic carbocycles. The van der Waals surface area contributed by atoms with Crippen molar-refractivity contribution in [2.45, 2.75) is 25.0 Å². The van der Waals surface area contributed by atoms with E-state index >= 15 is 0 Å². The van der Waals surface area contributed by atoms with Gasteiger partial charge >= 0.3 is 109 Å². The first-order valence-electron chi connectivity index (χ1n) is 6.38. The predicted molar refractivity (Wildman–Crippen MR) is 77.6 cm³/mol. The molecule has 0 aromatic heterocycles. The maximum absolute atomic E-state index is 2.32. The first kappa shape index (κ1) is 12.4. The van der Waals surface area contributed by atoms with Crippen LogP contribution in [-0.4, -0.2) is 14.3 Å². The summed E-state index contributed by atoms with van der Waals surface area (Å²) in [6.07, 6.45) is 2.66. The third-order valence-corrected chi connectivity index (χ3v) is 9.14. The van der Waals surface area contributed by atoms with Gasteiger partial charge in [-0.3, -0.25) is 0 Å². The van der Waals surface area contributed by atoms with E-state index in [1.54, 1.807) is 8.79 Å². The molecule has 0 nitrogen and oxygen atoms in total. The second kappa shape index (κ2) is 6.65. The quantitative estimate of drug-likeness (QED) is 0.740. The van der Waals surface area contributed by atoms with Gasteiger partial charge < -0.3 is 0 Å². The Bertz CT molecular complexity index is 382. The van der Waals surface area contributed by atoms with E-state index < -0.39 is 14.3 Å².